The van der Waals surface area contributed by atoms with Gasteiger partial charge in [0.05, 0.1) is 6.61 Å². The number of esters is 1. The van der Waals surface area contributed by atoms with Crippen molar-refractivity contribution in [2.75, 3.05) is 33.5 Å². The Morgan fingerprint density at radius 2 is 2.19 bits per heavy atom. The van der Waals surface area contributed by atoms with Crippen molar-refractivity contribution in [3.8, 4) is 0 Å². The number of carbonyl (C=O) groups excluding carboxylic acids is 1. The van der Waals surface area contributed by atoms with Crippen molar-refractivity contribution in [2.45, 2.75) is 25.3 Å². The molecule has 0 radical (unpaired) electrons. The molecule has 1 unspecified atom stereocenters. The first kappa shape index (κ1) is 13.4. The highest BCUT2D eigenvalue weighted by Crippen LogP contribution is 2.14. The molecular weight excluding hydrogens is 210 g/mol. The third-order valence-corrected chi connectivity index (χ3v) is 2.74. The number of methoxy groups -OCH3 is 1. The Balaban J connectivity index is 2.12. The average molecular weight is 231 g/mol. The Kier molecular flexibility index (Phi) is 6.37. The minimum atomic E-state index is -0.570. The van der Waals surface area contributed by atoms with E-state index in [2.05, 4.69) is 0 Å². The van der Waals surface area contributed by atoms with Crippen LogP contribution in [-0.2, 0) is 19.0 Å². The fourth-order valence-electron chi connectivity index (χ4n) is 1.58. The monoisotopic (exact) mass is 231 g/mol. The summed E-state index contributed by atoms with van der Waals surface area (Å²) in [6.45, 7) is 2.46. The zero-order valence-corrected chi connectivity index (χ0v) is 9.81. The summed E-state index contributed by atoms with van der Waals surface area (Å²) in [5.41, 5.74) is 5.64. The van der Waals surface area contributed by atoms with Crippen LogP contribution in [0.25, 0.3) is 0 Å². The van der Waals surface area contributed by atoms with Crippen LogP contribution in [-0.4, -0.2) is 45.5 Å². The summed E-state index contributed by atoms with van der Waals surface area (Å²) in [5, 5.41) is 0. The Morgan fingerprint density at radius 3 is 2.81 bits per heavy atom. The van der Waals surface area contributed by atoms with Gasteiger partial charge in [-0.1, -0.05) is 0 Å². The lowest BCUT2D eigenvalue weighted by Gasteiger charge is -2.22. The molecule has 2 N–H and O–H groups in total. The quantitative estimate of drug-likeness (QED) is 0.667. The highest BCUT2D eigenvalue weighted by atomic mass is 16.5. The Bertz CT molecular complexity index is 204. The van der Waals surface area contributed by atoms with E-state index in [9.17, 15) is 4.79 Å². The first-order chi connectivity index (χ1) is 7.74. The molecule has 94 valence electrons. The van der Waals surface area contributed by atoms with Crippen LogP contribution in [0.4, 0.5) is 0 Å². The van der Waals surface area contributed by atoms with Gasteiger partial charge in [0.15, 0.2) is 0 Å². The van der Waals surface area contributed by atoms with Gasteiger partial charge in [-0.3, -0.25) is 4.79 Å². The predicted molar refractivity (Wildman–Crippen MR) is 59.0 cm³/mol. The van der Waals surface area contributed by atoms with E-state index >= 15 is 0 Å². The molecule has 0 aromatic carbocycles. The molecule has 0 aromatic heterocycles. The zero-order chi connectivity index (χ0) is 11.8. The van der Waals surface area contributed by atoms with E-state index in [0.29, 0.717) is 25.6 Å². The fourth-order valence-corrected chi connectivity index (χ4v) is 1.58. The molecule has 1 heterocycles. The number of hydrogen-bond acceptors (Lipinski definition) is 5. The van der Waals surface area contributed by atoms with Gasteiger partial charge >= 0.3 is 5.97 Å². The summed E-state index contributed by atoms with van der Waals surface area (Å²) in [7, 11) is 1.58. The van der Waals surface area contributed by atoms with Crippen molar-refractivity contribution in [1.29, 1.82) is 0 Å². The van der Waals surface area contributed by atoms with Gasteiger partial charge < -0.3 is 19.9 Å². The highest BCUT2D eigenvalue weighted by molar-refractivity contribution is 5.75. The largest absolute Gasteiger partial charge is 0.464 e. The molecule has 5 nitrogen and oxygen atoms in total. The maximum Gasteiger partial charge on any atom is 0.323 e. The summed E-state index contributed by atoms with van der Waals surface area (Å²) in [6.07, 6.45) is 2.42. The SMILES string of the molecule is COCCC(N)C(=O)OCC1CCOCC1. The topological polar surface area (TPSA) is 70.8 Å². The normalized spacial score (nSPS) is 19.4. The molecule has 1 aliphatic rings. The third-order valence-electron chi connectivity index (χ3n) is 2.74. The van der Waals surface area contributed by atoms with E-state index in [1.54, 1.807) is 7.11 Å². The van der Waals surface area contributed by atoms with Gasteiger partial charge in [0.25, 0.3) is 0 Å². The fraction of sp³-hybridized carbons (Fsp3) is 0.909. The van der Waals surface area contributed by atoms with E-state index in [4.69, 9.17) is 19.9 Å². The van der Waals surface area contributed by atoms with E-state index in [1.807, 2.05) is 0 Å². The summed E-state index contributed by atoms with van der Waals surface area (Å²) in [5.74, 6) is 0.0934. The lowest BCUT2D eigenvalue weighted by molar-refractivity contribution is -0.148. The van der Waals surface area contributed by atoms with E-state index < -0.39 is 6.04 Å². The molecular formula is C11H21NO4. The number of nitrogens with two attached hydrogens (primary N) is 1. The number of hydrogen-bond donors (Lipinski definition) is 1. The Morgan fingerprint density at radius 1 is 1.50 bits per heavy atom. The van der Waals surface area contributed by atoms with Gasteiger partial charge in [0.2, 0.25) is 0 Å². The molecule has 16 heavy (non-hydrogen) atoms. The van der Waals surface area contributed by atoms with Crippen molar-refractivity contribution in [3.63, 3.8) is 0 Å². The summed E-state index contributed by atoms with van der Waals surface area (Å²) < 4.78 is 15.2. The highest BCUT2D eigenvalue weighted by Gasteiger charge is 2.19. The molecule has 0 saturated carbocycles. The van der Waals surface area contributed by atoms with Crippen LogP contribution in [0.2, 0.25) is 0 Å². The van der Waals surface area contributed by atoms with Gasteiger partial charge in [-0.2, -0.15) is 0 Å². The van der Waals surface area contributed by atoms with Gasteiger partial charge in [0.1, 0.15) is 6.04 Å². The van der Waals surface area contributed by atoms with Crippen molar-refractivity contribution in [2.24, 2.45) is 11.7 Å². The summed E-state index contributed by atoms with van der Waals surface area (Å²) >= 11 is 0. The van der Waals surface area contributed by atoms with Gasteiger partial charge in [0, 0.05) is 26.9 Å². The third kappa shape index (κ3) is 4.92. The second kappa shape index (κ2) is 7.60. The van der Waals surface area contributed by atoms with Crippen molar-refractivity contribution in [1.82, 2.24) is 0 Å². The van der Waals surface area contributed by atoms with Crippen molar-refractivity contribution in [3.05, 3.63) is 0 Å². The van der Waals surface area contributed by atoms with Crippen LogP contribution in [0.3, 0.4) is 0 Å². The molecule has 0 amide bonds. The van der Waals surface area contributed by atoms with Crippen LogP contribution in [0, 0.1) is 5.92 Å². The summed E-state index contributed by atoms with van der Waals surface area (Å²) in [4.78, 5) is 11.5. The van der Waals surface area contributed by atoms with Gasteiger partial charge in [-0.05, 0) is 25.2 Å². The molecule has 1 saturated heterocycles. The van der Waals surface area contributed by atoms with Crippen molar-refractivity contribution >= 4 is 5.97 Å². The molecule has 1 fully saturated rings. The lowest BCUT2D eigenvalue weighted by Crippen LogP contribution is -2.35. The predicted octanol–water partition coefficient (Wildman–Crippen LogP) is 0.320. The van der Waals surface area contributed by atoms with Gasteiger partial charge in [-0.25, -0.2) is 0 Å². The maximum atomic E-state index is 11.5. The van der Waals surface area contributed by atoms with Crippen LogP contribution < -0.4 is 5.73 Å². The first-order valence-electron chi connectivity index (χ1n) is 5.73. The number of ether oxygens (including phenoxy) is 3. The van der Waals surface area contributed by atoms with Crippen LogP contribution >= 0.6 is 0 Å². The van der Waals surface area contributed by atoms with Crippen molar-refractivity contribution < 1.29 is 19.0 Å². The molecule has 0 bridgehead atoms. The Hall–Kier alpha value is -0.650. The minimum absolute atomic E-state index is 0.330. The standard InChI is InChI=1S/C11H21NO4/c1-14-5-4-10(12)11(13)16-8-9-2-6-15-7-3-9/h9-10H,2-8,12H2,1H3. The molecule has 1 rings (SSSR count). The molecule has 0 aliphatic carbocycles. The van der Waals surface area contributed by atoms with Crippen LogP contribution in [0.15, 0.2) is 0 Å². The average Bonchev–Trinajstić information content (AvgIpc) is 2.34. The van der Waals surface area contributed by atoms with E-state index in [1.165, 1.54) is 0 Å². The second-order valence-corrected chi connectivity index (χ2v) is 4.07. The minimum Gasteiger partial charge on any atom is -0.464 e. The molecule has 0 spiro atoms. The smallest absolute Gasteiger partial charge is 0.323 e. The lowest BCUT2D eigenvalue weighted by atomic mass is 10.0. The molecule has 1 aliphatic heterocycles. The summed E-state index contributed by atoms with van der Waals surface area (Å²) in [6, 6.07) is -0.570. The van der Waals surface area contributed by atoms with E-state index in [-0.39, 0.29) is 5.97 Å². The van der Waals surface area contributed by atoms with E-state index in [0.717, 1.165) is 26.1 Å². The molecule has 1 atom stereocenters. The second-order valence-electron chi connectivity index (χ2n) is 4.07. The van der Waals surface area contributed by atoms with Gasteiger partial charge in [-0.15, -0.1) is 0 Å². The number of carbonyl (C=O) groups is 1. The Labute approximate surface area is 96.2 Å². The molecule has 0 aromatic rings. The first-order valence-corrected chi connectivity index (χ1v) is 5.73. The van der Waals surface area contributed by atoms with Crippen LogP contribution in [0.5, 0.6) is 0 Å². The molecule has 5 heteroatoms. The number of rotatable bonds is 6. The van der Waals surface area contributed by atoms with Crippen LogP contribution in [0.1, 0.15) is 19.3 Å². The maximum absolute atomic E-state index is 11.5. The zero-order valence-electron chi connectivity index (χ0n) is 9.81.